The van der Waals surface area contributed by atoms with Crippen LogP contribution in [0.3, 0.4) is 0 Å². The molecule has 8 heteroatoms. The summed E-state index contributed by atoms with van der Waals surface area (Å²) in [4.78, 5) is 39.7. The van der Waals surface area contributed by atoms with Gasteiger partial charge in [-0.05, 0) is 59.1 Å². The van der Waals surface area contributed by atoms with E-state index in [-0.39, 0.29) is 6.04 Å². The Morgan fingerprint density at radius 3 is 2.33 bits per heavy atom. The SMILES string of the molecule is C#CN(C(=O)C(CO)NC(=O)OC(C)(C)C)C(C(=O)NC(C)CCC)c1ccc(C)cc1C. The van der Waals surface area contributed by atoms with Gasteiger partial charge in [-0.25, -0.2) is 4.79 Å². The van der Waals surface area contributed by atoms with Crippen molar-refractivity contribution in [3.63, 3.8) is 0 Å². The second-order valence-corrected chi connectivity index (χ2v) is 9.18. The van der Waals surface area contributed by atoms with Crippen LogP contribution in [-0.2, 0) is 14.3 Å². The van der Waals surface area contributed by atoms with E-state index < -0.39 is 42.2 Å². The summed E-state index contributed by atoms with van der Waals surface area (Å²) in [5.41, 5.74) is 1.54. The van der Waals surface area contributed by atoms with Crippen molar-refractivity contribution in [2.45, 2.75) is 85.0 Å². The second-order valence-electron chi connectivity index (χ2n) is 9.18. The van der Waals surface area contributed by atoms with E-state index in [0.29, 0.717) is 5.56 Å². The number of carbonyl (C=O) groups excluding carboxylic acids is 3. The Morgan fingerprint density at radius 2 is 1.85 bits per heavy atom. The Labute approximate surface area is 197 Å². The third-order valence-electron chi connectivity index (χ3n) is 4.88. The molecular weight excluding hydrogens is 422 g/mol. The number of hydrogen-bond donors (Lipinski definition) is 3. The van der Waals surface area contributed by atoms with Crippen LogP contribution >= 0.6 is 0 Å². The van der Waals surface area contributed by atoms with Crippen LogP contribution in [0, 0.1) is 26.3 Å². The predicted molar refractivity (Wildman–Crippen MR) is 127 cm³/mol. The molecule has 0 aromatic heterocycles. The molecule has 0 spiro atoms. The lowest BCUT2D eigenvalue weighted by molar-refractivity contribution is -0.139. The molecule has 0 bridgehead atoms. The molecule has 1 aromatic carbocycles. The van der Waals surface area contributed by atoms with Gasteiger partial charge in [-0.15, -0.1) is 0 Å². The second kappa shape index (κ2) is 12.3. The Kier molecular flexibility index (Phi) is 10.4. The Balaban J connectivity index is 3.34. The molecule has 0 radical (unpaired) electrons. The van der Waals surface area contributed by atoms with E-state index in [4.69, 9.17) is 11.2 Å². The molecule has 8 nitrogen and oxygen atoms in total. The molecule has 3 unspecified atom stereocenters. The summed E-state index contributed by atoms with van der Waals surface area (Å²) in [5, 5.41) is 15.1. The molecule has 182 valence electrons. The molecule has 33 heavy (non-hydrogen) atoms. The molecule has 0 saturated carbocycles. The van der Waals surface area contributed by atoms with Gasteiger partial charge in [-0.3, -0.25) is 14.5 Å². The normalized spacial score (nSPS) is 13.8. The van der Waals surface area contributed by atoms with Crippen LogP contribution in [0.15, 0.2) is 18.2 Å². The van der Waals surface area contributed by atoms with Gasteiger partial charge in [0.1, 0.15) is 17.7 Å². The van der Waals surface area contributed by atoms with E-state index >= 15 is 0 Å². The summed E-state index contributed by atoms with van der Waals surface area (Å²) < 4.78 is 5.18. The maximum atomic E-state index is 13.3. The zero-order chi connectivity index (χ0) is 25.3. The van der Waals surface area contributed by atoms with E-state index in [2.05, 4.69) is 16.7 Å². The number of rotatable bonds is 9. The van der Waals surface area contributed by atoms with E-state index in [1.165, 1.54) is 0 Å². The van der Waals surface area contributed by atoms with Crippen molar-refractivity contribution < 1.29 is 24.2 Å². The van der Waals surface area contributed by atoms with Gasteiger partial charge < -0.3 is 20.5 Å². The van der Waals surface area contributed by atoms with Crippen molar-refractivity contribution in [1.82, 2.24) is 15.5 Å². The lowest BCUT2D eigenvalue weighted by Gasteiger charge is -2.31. The summed E-state index contributed by atoms with van der Waals surface area (Å²) in [6.45, 7) is 11.9. The van der Waals surface area contributed by atoms with Gasteiger partial charge in [0.25, 0.3) is 5.91 Å². The molecular formula is C25H37N3O5. The largest absolute Gasteiger partial charge is 0.444 e. The molecule has 0 aliphatic heterocycles. The molecule has 0 heterocycles. The number of benzene rings is 1. The number of alkyl carbamates (subject to hydrolysis) is 1. The smallest absolute Gasteiger partial charge is 0.408 e. The van der Waals surface area contributed by atoms with E-state index in [9.17, 15) is 19.5 Å². The molecule has 0 aliphatic carbocycles. The van der Waals surface area contributed by atoms with E-state index in [1.54, 1.807) is 26.8 Å². The maximum absolute atomic E-state index is 13.3. The molecule has 0 aliphatic rings. The summed E-state index contributed by atoms with van der Waals surface area (Å²) in [6, 6.07) is 5.12. The van der Waals surface area contributed by atoms with Gasteiger partial charge in [0.15, 0.2) is 0 Å². The summed E-state index contributed by atoms with van der Waals surface area (Å²) >= 11 is 0. The van der Waals surface area contributed by atoms with Crippen LogP contribution in [0.25, 0.3) is 0 Å². The van der Waals surface area contributed by atoms with Gasteiger partial charge in [0, 0.05) is 12.1 Å². The number of aliphatic hydroxyl groups excluding tert-OH is 1. The topological polar surface area (TPSA) is 108 Å². The number of nitrogens with zero attached hydrogens (tertiary/aromatic N) is 1. The van der Waals surface area contributed by atoms with Crippen molar-refractivity contribution >= 4 is 17.9 Å². The van der Waals surface area contributed by atoms with Crippen LogP contribution in [0.1, 0.15) is 70.2 Å². The number of carbonyl (C=O) groups is 3. The van der Waals surface area contributed by atoms with Gasteiger partial charge >= 0.3 is 6.09 Å². The molecule has 3 N–H and O–H groups in total. The fraction of sp³-hybridized carbons (Fsp3) is 0.560. The molecule has 1 rings (SSSR count). The van der Waals surface area contributed by atoms with Gasteiger partial charge in [0.2, 0.25) is 5.91 Å². The zero-order valence-corrected chi connectivity index (χ0v) is 20.7. The highest BCUT2D eigenvalue weighted by atomic mass is 16.6. The van der Waals surface area contributed by atoms with Crippen molar-refractivity contribution in [3.8, 4) is 12.5 Å². The number of ether oxygens (including phenoxy) is 1. The van der Waals surface area contributed by atoms with E-state index in [0.717, 1.165) is 28.9 Å². The van der Waals surface area contributed by atoms with Gasteiger partial charge in [-0.1, -0.05) is 43.5 Å². The highest BCUT2D eigenvalue weighted by molar-refractivity contribution is 5.93. The molecule has 0 saturated heterocycles. The Bertz CT molecular complexity index is 885. The monoisotopic (exact) mass is 459 g/mol. The fourth-order valence-electron chi connectivity index (χ4n) is 3.43. The van der Waals surface area contributed by atoms with Crippen LogP contribution in [0.2, 0.25) is 0 Å². The summed E-state index contributed by atoms with van der Waals surface area (Å²) in [5.74, 6) is -1.24. The number of hydrogen-bond acceptors (Lipinski definition) is 5. The number of aliphatic hydroxyl groups is 1. The lowest BCUT2D eigenvalue weighted by atomic mass is 9.96. The minimum Gasteiger partial charge on any atom is -0.444 e. The van der Waals surface area contributed by atoms with Crippen LogP contribution in [-0.4, -0.2) is 52.2 Å². The maximum Gasteiger partial charge on any atom is 0.408 e. The van der Waals surface area contributed by atoms with Crippen molar-refractivity contribution in [2.24, 2.45) is 0 Å². The number of aryl methyl sites for hydroxylation is 2. The first kappa shape index (κ1) is 28.0. The molecule has 3 amide bonds. The highest BCUT2D eigenvalue weighted by Crippen LogP contribution is 2.26. The van der Waals surface area contributed by atoms with E-state index in [1.807, 2.05) is 39.8 Å². The van der Waals surface area contributed by atoms with Crippen LogP contribution < -0.4 is 10.6 Å². The van der Waals surface area contributed by atoms with Crippen molar-refractivity contribution in [3.05, 3.63) is 34.9 Å². The average Bonchev–Trinajstić information content (AvgIpc) is 2.69. The highest BCUT2D eigenvalue weighted by Gasteiger charge is 2.36. The molecule has 3 atom stereocenters. The van der Waals surface area contributed by atoms with Crippen molar-refractivity contribution in [2.75, 3.05) is 6.61 Å². The first-order valence-corrected chi connectivity index (χ1v) is 11.1. The Morgan fingerprint density at radius 1 is 1.21 bits per heavy atom. The third kappa shape index (κ3) is 8.43. The summed E-state index contributed by atoms with van der Waals surface area (Å²) in [6.07, 6.45) is 6.45. The minimum atomic E-state index is -1.38. The predicted octanol–water partition coefficient (Wildman–Crippen LogP) is 2.95. The average molecular weight is 460 g/mol. The standard InChI is InChI=1S/C25H37N3O5/c1-9-11-18(5)26-22(30)21(19-13-12-16(3)14-17(19)4)28(10-2)23(31)20(15-29)27-24(32)33-25(6,7)8/h2,12-14,18,20-21,29H,9,11,15H2,1,3-8H3,(H,26,30)(H,27,32). The van der Waals surface area contributed by atoms with Gasteiger partial charge in [0.05, 0.1) is 6.61 Å². The number of terminal acetylenes is 1. The third-order valence-corrected chi connectivity index (χ3v) is 4.88. The number of amides is 3. The van der Waals surface area contributed by atoms with Crippen LogP contribution in [0.5, 0.6) is 0 Å². The van der Waals surface area contributed by atoms with Crippen LogP contribution in [0.4, 0.5) is 4.79 Å². The van der Waals surface area contributed by atoms with Crippen molar-refractivity contribution in [1.29, 1.82) is 0 Å². The molecule has 0 fully saturated rings. The first-order chi connectivity index (χ1) is 15.3. The quantitative estimate of drug-likeness (QED) is 0.389. The zero-order valence-electron chi connectivity index (χ0n) is 20.7. The minimum absolute atomic E-state index is 0.126. The Hall–Kier alpha value is -3.05. The number of nitrogens with one attached hydrogen (secondary N) is 2. The fourth-order valence-corrected chi connectivity index (χ4v) is 3.43. The summed E-state index contributed by atoms with van der Waals surface area (Å²) in [7, 11) is 0. The lowest BCUT2D eigenvalue weighted by Crippen LogP contribution is -2.53. The van der Waals surface area contributed by atoms with Gasteiger partial charge in [-0.2, -0.15) is 0 Å². The first-order valence-electron chi connectivity index (χ1n) is 11.1. The molecule has 1 aromatic rings.